The SMILES string of the molecule is OC(Cc1ccc(F)cc1F)C1CCCC(C(F)(F)F)C1. The van der Waals surface area contributed by atoms with Gasteiger partial charge in [-0.05, 0) is 36.8 Å². The second-order valence-electron chi connectivity index (χ2n) is 5.67. The molecule has 1 N–H and O–H groups in total. The van der Waals surface area contributed by atoms with E-state index < -0.39 is 35.8 Å². The van der Waals surface area contributed by atoms with Gasteiger partial charge in [0, 0.05) is 12.5 Å². The van der Waals surface area contributed by atoms with Crippen molar-refractivity contribution in [1.29, 1.82) is 0 Å². The van der Waals surface area contributed by atoms with E-state index in [1.165, 1.54) is 6.07 Å². The van der Waals surface area contributed by atoms with Crippen molar-refractivity contribution in [3.63, 3.8) is 0 Å². The molecule has 0 heterocycles. The molecule has 3 unspecified atom stereocenters. The maximum Gasteiger partial charge on any atom is 0.391 e. The molecule has 0 radical (unpaired) electrons. The van der Waals surface area contributed by atoms with Crippen molar-refractivity contribution in [3.05, 3.63) is 35.4 Å². The van der Waals surface area contributed by atoms with Gasteiger partial charge in [-0.15, -0.1) is 0 Å². The van der Waals surface area contributed by atoms with Crippen LogP contribution < -0.4 is 0 Å². The summed E-state index contributed by atoms with van der Waals surface area (Å²) in [6.45, 7) is 0. The van der Waals surface area contributed by atoms with E-state index in [0.717, 1.165) is 6.07 Å². The highest BCUT2D eigenvalue weighted by molar-refractivity contribution is 5.19. The van der Waals surface area contributed by atoms with Crippen molar-refractivity contribution >= 4 is 0 Å². The fourth-order valence-corrected chi connectivity index (χ4v) is 2.95. The Kier molecular flexibility index (Phi) is 4.86. The zero-order chi connectivity index (χ0) is 15.6. The summed E-state index contributed by atoms with van der Waals surface area (Å²) >= 11 is 0. The highest BCUT2D eigenvalue weighted by atomic mass is 19.4. The van der Waals surface area contributed by atoms with E-state index in [9.17, 15) is 27.1 Å². The Hall–Kier alpha value is -1.17. The highest BCUT2D eigenvalue weighted by Crippen LogP contribution is 2.41. The molecule has 1 fully saturated rings. The standard InChI is InChI=1S/C15H17F5O/c16-12-5-4-9(13(17)8-12)7-14(21)10-2-1-3-11(6-10)15(18,19)20/h4-5,8,10-11,14,21H,1-3,6-7H2. The van der Waals surface area contributed by atoms with Gasteiger partial charge in [-0.2, -0.15) is 13.2 Å². The van der Waals surface area contributed by atoms with Crippen LogP contribution in [0, 0.1) is 23.5 Å². The lowest BCUT2D eigenvalue weighted by Gasteiger charge is -2.33. The minimum absolute atomic E-state index is 0.0810. The van der Waals surface area contributed by atoms with Crippen LogP contribution in [0.25, 0.3) is 0 Å². The highest BCUT2D eigenvalue weighted by Gasteiger charge is 2.43. The zero-order valence-corrected chi connectivity index (χ0v) is 11.3. The molecule has 0 spiro atoms. The minimum Gasteiger partial charge on any atom is -0.392 e. The smallest absolute Gasteiger partial charge is 0.391 e. The van der Waals surface area contributed by atoms with E-state index in [1.807, 2.05) is 0 Å². The second kappa shape index (κ2) is 6.30. The first-order valence-corrected chi connectivity index (χ1v) is 6.96. The van der Waals surface area contributed by atoms with Crippen LogP contribution in [0.3, 0.4) is 0 Å². The summed E-state index contributed by atoms with van der Waals surface area (Å²) in [7, 11) is 0. The third kappa shape index (κ3) is 4.15. The number of alkyl halides is 3. The summed E-state index contributed by atoms with van der Waals surface area (Å²) < 4.78 is 64.5. The van der Waals surface area contributed by atoms with E-state index in [1.54, 1.807) is 0 Å². The lowest BCUT2D eigenvalue weighted by Crippen LogP contribution is -2.34. The van der Waals surface area contributed by atoms with E-state index in [4.69, 9.17) is 0 Å². The van der Waals surface area contributed by atoms with Crippen LogP contribution in [-0.4, -0.2) is 17.4 Å². The molecular weight excluding hydrogens is 291 g/mol. The Morgan fingerprint density at radius 1 is 1.19 bits per heavy atom. The average Bonchev–Trinajstić information content (AvgIpc) is 2.41. The predicted molar refractivity (Wildman–Crippen MR) is 67.6 cm³/mol. The van der Waals surface area contributed by atoms with Crippen molar-refractivity contribution in [1.82, 2.24) is 0 Å². The minimum atomic E-state index is -4.25. The van der Waals surface area contributed by atoms with Gasteiger partial charge in [0.25, 0.3) is 0 Å². The van der Waals surface area contributed by atoms with Gasteiger partial charge >= 0.3 is 6.18 Å². The number of aliphatic hydroxyl groups excluding tert-OH is 1. The first-order valence-electron chi connectivity index (χ1n) is 6.96. The van der Waals surface area contributed by atoms with Gasteiger partial charge in [-0.3, -0.25) is 0 Å². The number of hydrogen-bond donors (Lipinski definition) is 1. The van der Waals surface area contributed by atoms with Gasteiger partial charge in [0.1, 0.15) is 11.6 Å². The Labute approximate surface area is 119 Å². The summed E-state index contributed by atoms with van der Waals surface area (Å²) in [5.41, 5.74) is 0.123. The largest absolute Gasteiger partial charge is 0.392 e. The van der Waals surface area contributed by atoms with Crippen molar-refractivity contribution in [3.8, 4) is 0 Å². The Bertz CT molecular complexity index is 485. The second-order valence-corrected chi connectivity index (χ2v) is 5.67. The van der Waals surface area contributed by atoms with Gasteiger partial charge in [0.2, 0.25) is 0 Å². The Morgan fingerprint density at radius 3 is 2.52 bits per heavy atom. The molecule has 0 saturated heterocycles. The third-order valence-electron chi connectivity index (χ3n) is 4.17. The summed E-state index contributed by atoms with van der Waals surface area (Å²) in [6, 6.07) is 3.00. The van der Waals surface area contributed by atoms with Gasteiger partial charge in [0.05, 0.1) is 12.0 Å². The molecule has 6 heteroatoms. The van der Waals surface area contributed by atoms with E-state index >= 15 is 0 Å². The van der Waals surface area contributed by atoms with E-state index in [2.05, 4.69) is 0 Å². The maximum absolute atomic E-state index is 13.5. The lowest BCUT2D eigenvalue weighted by atomic mass is 9.77. The van der Waals surface area contributed by atoms with Crippen molar-refractivity contribution < 1.29 is 27.1 Å². The monoisotopic (exact) mass is 308 g/mol. The predicted octanol–water partition coefficient (Wildman–Crippen LogP) is 4.24. The van der Waals surface area contributed by atoms with Crippen LogP contribution in [0.2, 0.25) is 0 Å². The topological polar surface area (TPSA) is 20.2 Å². The van der Waals surface area contributed by atoms with Crippen LogP contribution >= 0.6 is 0 Å². The van der Waals surface area contributed by atoms with Crippen molar-refractivity contribution in [2.45, 2.75) is 44.4 Å². The molecule has 0 aromatic heterocycles. The Morgan fingerprint density at radius 2 is 1.90 bits per heavy atom. The lowest BCUT2D eigenvalue weighted by molar-refractivity contribution is -0.188. The molecule has 0 amide bonds. The number of benzene rings is 1. The first kappa shape index (κ1) is 16.2. The Balaban J connectivity index is 2.01. The number of aliphatic hydroxyl groups is 1. The molecular formula is C15H17F5O. The van der Waals surface area contributed by atoms with E-state index in [-0.39, 0.29) is 24.8 Å². The molecule has 0 aliphatic heterocycles. The summed E-state index contributed by atoms with van der Waals surface area (Å²) in [5, 5.41) is 10.1. The molecule has 118 valence electrons. The molecule has 1 nitrogen and oxygen atoms in total. The van der Waals surface area contributed by atoms with Crippen LogP contribution in [0.15, 0.2) is 18.2 Å². The van der Waals surface area contributed by atoms with Gasteiger partial charge in [-0.1, -0.05) is 12.5 Å². The normalized spacial score (nSPS) is 24.9. The van der Waals surface area contributed by atoms with Gasteiger partial charge in [-0.25, -0.2) is 8.78 Å². The fourth-order valence-electron chi connectivity index (χ4n) is 2.95. The third-order valence-corrected chi connectivity index (χ3v) is 4.17. The molecule has 1 aromatic carbocycles. The number of halogens is 5. The van der Waals surface area contributed by atoms with Gasteiger partial charge in [0.15, 0.2) is 0 Å². The molecule has 1 aliphatic carbocycles. The summed E-state index contributed by atoms with van der Waals surface area (Å²) in [6.07, 6.45) is -4.55. The molecule has 0 bridgehead atoms. The molecule has 1 saturated carbocycles. The van der Waals surface area contributed by atoms with Crippen LogP contribution in [0.5, 0.6) is 0 Å². The summed E-state index contributed by atoms with van der Waals surface area (Å²) in [4.78, 5) is 0. The molecule has 1 aliphatic rings. The molecule has 2 rings (SSSR count). The number of rotatable bonds is 3. The van der Waals surface area contributed by atoms with Crippen LogP contribution in [-0.2, 0) is 6.42 Å². The summed E-state index contributed by atoms with van der Waals surface area (Å²) in [5.74, 6) is -3.41. The zero-order valence-electron chi connectivity index (χ0n) is 11.3. The maximum atomic E-state index is 13.5. The van der Waals surface area contributed by atoms with Crippen molar-refractivity contribution in [2.24, 2.45) is 11.8 Å². The molecule has 3 atom stereocenters. The van der Waals surface area contributed by atoms with Crippen molar-refractivity contribution in [2.75, 3.05) is 0 Å². The quantitative estimate of drug-likeness (QED) is 0.828. The van der Waals surface area contributed by atoms with E-state index in [0.29, 0.717) is 18.9 Å². The first-order chi connectivity index (χ1) is 9.77. The fraction of sp³-hybridized carbons (Fsp3) is 0.600. The molecule has 1 aromatic rings. The average molecular weight is 308 g/mol. The van der Waals surface area contributed by atoms with Crippen LogP contribution in [0.4, 0.5) is 22.0 Å². The van der Waals surface area contributed by atoms with Gasteiger partial charge < -0.3 is 5.11 Å². The number of hydrogen-bond acceptors (Lipinski definition) is 1. The molecule has 21 heavy (non-hydrogen) atoms. The van der Waals surface area contributed by atoms with Crippen LogP contribution in [0.1, 0.15) is 31.2 Å².